The van der Waals surface area contributed by atoms with Gasteiger partial charge in [-0.3, -0.25) is 0 Å². The van der Waals surface area contributed by atoms with Crippen molar-refractivity contribution in [3.8, 4) is 11.5 Å². The molecule has 1 fully saturated rings. The summed E-state index contributed by atoms with van der Waals surface area (Å²) < 4.78 is 34.9. The Kier molecular flexibility index (Phi) is 8.19. The van der Waals surface area contributed by atoms with Crippen molar-refractivity contribution in [1.29, 1.82) is 0 Å². The van der Waals surface area contributed by atoms with E-state index in [1.807, 2.05) is 26.0 Å². The van der Waals surface area contributed by atoms with Crippen LogP contribution in [0.4, 0.5) is 8.78 Å². The summed E-state index contributed by atoms with van der Waals surface area (Å²) >= 11 is 0. The zero-order chi connectivity index (χ0) is 23.3. The molecule has 1 N–H and O–H groups in total. The van der Waals surface area contributed by atoms with Gasteiger partial charge in [-0.25, -0.2) is 0 Å². The Morgan fingerprint density at radius 3 is 2.28 bits per heavy atom. The average molecular weight is 445 g/mol. The molecule has 0 aromatic heterocycles. The van der Waals surface area contributed by atoms with Crippen molar-refractivity contribution in [2.24, 2.45) is 5.92 Å². The maximum absolute atomic E-state index is 14.9. The zero-order valence-corrected chi connectivity index (χ0v) is 20.0. The van der Waals surface area contributed by atoms with Gasteiger partial charge in [-0.2, -0.15) is 8.78 Å². The van der Waals surface area contributed by atoms with Crippen molar-refractivity contribution in [2.45, 2.75) is 97.0 Å². The van der Waals surface area contributed by atoms with Crippen molar-refractivity contribution in [3.63, 3.8) is 0 Å². The fraction of sp³-hybridized carbons (Fsp3) is 0.571. The molecular weight excluding hydrogens is 406 g/mol. The van der Waals surface area contributed by atoms with Crippen LogP contribution in [0.1, 0.15) is 106 Å². The number of hydrogen-bond acceptors (Lipinski definition) is 2. The minimum atomic E-state index is -3.44. The number of aromatic hydroxyl groups is 1. The van der Waals surface area contributed by atoms with E-state index in [1.165, 1.54) is 62.8 Å². The van der Waals surface area contributed by atoms with E-state index in [1.54, 1.807) is 6.92 Å². The van der Waals surface area contributed by atoms with E-state index in [0.29, 0.717) is 17.0 Å². The summed E-state index contributed by atoms with van der Waals surface area (Å²) in [6.07, 6.45) is 6.59. The van der Waals surface area contributed by atoms with Crippen LogP contribution in [0.2, 0.25) is 0 Å². The van der Waals surface area contributed by atoms with Gasteiger partial charge in [0.25, 0.3) is 0 Å². The lowest BCUT2D eigenvalue weighted by atomic mass is 9.77. The highest BCUT2D eigenvalue weighted by Gasteiger charge is 2.35. The predicted octanol–water partition coefficient (Wildman–Crippen LogP) is 8.81. The third-order valence-electron chi connectivity index (χ3n) is 6.95. The first-order valence-corrected chi connectivity index (χ1v) is 12.2. The van der Waals surface area contributed by atoms with Gasteiger partial charge in [-0.1, -0.05) is 58.6 Å². The molecule has 3 rings (SSSR count). The normalized spacial score (nSPS) is 19.3. The van der Waals surface area contributed by atoms with Gasteiger partial charge in [-0.15, -0.1) is 0 Å². The molecule has 176 valence electrons. The first-order valence-electron chi connectivity index (χ1n) is 12.2. The van der Waals surface area contributed by atoms with Crippen molar-refractivity contribution < 1.29 is 18.6 Å². The number of halogens is 2. The van der Waals surface area contributed by atoms with Crippen LogP contribution < -0.4 is 4.74 Å². The minimum Gasteiger partial charge on any atom is -0.507 e. The standard InChI is InChI=1S/C28H38F2O2/c1-5-6-7-8-21-9-11-22(12-10-21)23-13-15-24(16-14-23)28(29,30)32-25-17-20(4)27(31)26(18-25)19(2)3/h13-19,21-22,31H,5-12H2,1-4H3. The van der Waals surface area contributed by atoms with E-state index in [9.17, 15) is 13.9 Å². The lowest BCUT2D eigenvalue weighted by Crippen LogP contribution is -2.22. The van der Waals surface area contributed by atoms with Gasteiger partial charge < -0.3 is 9.84 Å². The maximum Gasteiger partial charge on any atom is 0.426 e. The lowest BCUT2D eigenvalue weighted by molar-refractivity contribution is -0.185. The Morgan fingerprint density at radius 1 is 1.03 bits per heavy atom. The van der Waals surface area contributed by atoms with Gasteiger partial charge in [0.05, 0.1) is 5.56 Å². The number of phenolic OH excluding ortho intramolecular Hbond substituents is 1. The molecule has 0 heterocycles. The van der Waals surface area contributed by atoms with Crippen molar-refractivity contribution in [1.82, 2.24) is 0 Å². The Bertz CT molecular complexity index is 866. The van der Waals surface area contributed by atoms with E-state index in [2.05, 4.69) is 6.92 Å². The molecule has 2 nitrogen and oxygen atoms in total. The second kappa shape index (κ2) is 10.7. The molecule has 1 aliphatic carbocycles. The van der Waals surface area contributed by atoms with Crippen LogP contribution >= 0.6 is 0 Å². The minimum absolute atomic E-state index is 0.00638. The molecule has 0 saturated heterocycles. The summed E-state index contributed by atoms with van der Waals surface area (Å²) in [5, 5.41) is 10.2. The molecule has 0 aliphatic heterocycles. The first-order chi connectivity index (χ1) is 15.2. The average Bonchev–Trinajstić information content (AvgIpc) is 2.76. The fourth-order valence-corrected chi connectivity index (χ4v) is 4.90. The van der Waals surface area contributed by atoms with Gasteiger partial charge in [0.2, 0.25) is 0 Å². The molecule has 0 atom stereocenters. The summed E-state index contributed by atoms with van der Waals surface area (Å²) in [6.45, 7) is 7.75. The number of rotatable bonds is 9. The van der Waals surface area contributed by atoms with Crippen molar-refractivity contribution >= 4 is 0 Å². The van der Waals surface area contributed by atoms with E-state index in [-0.39, 0.29) is 23.0 Å². The monoisotopic (exact) mass is 444 g/mol. The third-order valence-corrected chi connectivity index (χ3v) is 6.95. The van der Waals surface area contributed by atoms with Crippen LogP contribution in [-0.2, 0) is 6.11 Å². The second-order valence-electron chi connectivity index (χ2n) is 9.79. The van der Waals surface area contributed by atoms with Crippen LogP contribution in [0.25, 0.3) is 0 Å². The molecule has 0 radical (unpaired) electrons. The Labute approximate surface area is 192 Å². The first kappa shape index (κ1) is 24.5. The Hall–Kier alpha value is -2.10. The molecule has 4 heteroatoms. The highest BCUT2D eigenvalue weighted by molar-refractivity contribution is 5.47. The largest absolute Gasteiger partial charge is 0.507 e. The zero-order valence-electron chi connectivity index (χ0n) is 20.0. The molecule has 1 aliphatic rings. The number of unbranched alkanes of at least 4 members (excludes halogenated alkanes) is 2. The van der Waals surface area contributed by atoms with Crippen LogP contribution in [0.3, 0.4) is 0 Å². The fourth-order valence-electron chi connectivity index (χ4n) is 4.90. The number of hydrogen-bond donors (Lipinski definition) is 1. The van der Waals surface area contributed by atoms with Crippen LogP contribution in [0, 0.1) is 12.8 Å². The van der Waals surface area contributed by atoms with E-state index < -0.39 is 6.11 Å². The summed E-state index contributed by atoms with van der Waals surface area (Å²) in [7, 11) is 0. The van der Waals surface area contributed by atoms with Gasteiger partial charge in [0.15, 0.2) is 0 Å². The topological polar surface area (TPSA) is 29.5 Å². The third kappa shape index (κ3) is 6.02. The van der Waals surface area contributed by atoms with Crippen molar-refractivity contribution in [3.05, 3.63) is 58.7 Å². The predicted molar refractivity (Wildman–Crippen MR) is 127 cm³/mol. The molecule has 2 aromatic rings. The number of benzene rings is 2. The summed E-state index contributed by atoms with van der Waals surface area (Å²) in [5.41, 5.74) is 2.14. The van der Waals surface area contributed by atoms with Crippen LogP contribution in [-0.4, -0.2) is 5.11 Å². The van der Waals surface area contributed by atoms with Crippen LogP contribution in [0.5, 0.6) is 11.5 Å². The second-order valence-corrected chi connectivity index (χ2v) is 9.79. The number of ether oxygens (including phenoxy) is 1. The number of alkyl halides is 2. The van der Waals surface area contributed by atoms with Crippen molar-refractivity contribution in [2.75, 3.05) is 0 Å². The molecule has 0 amide bonds. The number of aryl methyl sites for hydroxylation is 1. The van der Waals surface area contributed by atoms with Gasteiger partial charge >= 0.3 is 6.11 Å². The van der Waals surface area contributed by atoms with E-state index >= 15 is 0 Å². The smallest absolute Gasteiger partial charge is 0.426 e. The molecule has 1 saturated carbocycles. The number of phenols is 1. The van der Waals surface area contributed by atoms with E-state index in [4.69, 9.17) is 4.74 Å². The molecule has 2 aromatic carbocycles. The lowest BCUT2D eigenvalue weighted by Gasteiger charge is -2.29. The quantitative estimate of drug-likeness (QED) is 0.392. The molecule has 0 unspecified atom stereocenters. The van der Waals surface area contributed by atoms with Gasteiger partial charge in [0, 0.05) is 5.56 Å². The molecule has 0 spiro atoms. The highest BCUT2D eigenvalue weighted by atomic mass is 19.3. The Morgan fingerprint density at radius 2 is 1.69 bits per heavy atom. The van der Waals surface area contributed by atoms with Crippen LogP contribution in [0.15, 0.2) is 36.4 Å². The highest BCUT2D eigenvalue weighted by Crippen LogP contribution is 2.40. The molecule has 0 bridgehead atoms. The van der Waals surface area contributed by atoms with Gasteiger partial charge in [-0.05, 0) is 85.8 Å². The Balaban J connectivity index is 1.64. The summed E-state index contributed by atoms with van der Waals surface area (Å²) in [4.78, 5) is 0. The summed E-state index contributed by atoms with van der Waals surface area (Å²) in [6, 6.07) is 9.65. The van der Waals surface area contributed by atoms with Gasteiger partial charge in [0.1, 0.15) is 11.5 Å². The molecular formula is C28H38F2O2. The maximum atomic E-state index is 14.9. The van der Waals surface area contributed by atoms with E-state index in [0.717, 1.165) is 24.3 Å². The summed E-state index contributed by atoms with van der Waals surface area (Å²) in [5.74, 6) is 1.51. The molecule has 32 heavy (non-hydrogen) atoms. The SMILES string of the molecule is CCCCCC1CCC(c2ccc(C(F)(F)Oc3cc(C)c(O)c(C(C)C)c3)cc2)CC1.